The number of nitrogens with one attached hydrogen (secondary N) is 1. The third kappa shape index (κ3) is 3.04. The summed E-state index contributed by atoms with van der Waals surface area (Å²) in [4.78, 5) is 4.41. The van der Waals surface area contributed by atoms with Crippen molar-refractivity contribution in [3.8, 4) is 28.6 Å². The van der Waals surface area contributed by atoms with Gasteiger partial charge in [-0.2, -0.15) is 10.4 Å². The molecule has 6 nitrogen and oxygen atoms in total. The summed E-state index contributed by atoms with van der Waals surface area (Å²) in [6.45, 7) is 4.41. The lowest BCUT2D eigenvalue weighted by Gasteiger charge is -2.13. The zero-order valence-electron chi connectivity index (χ0n) is 15.0. The van der Waals surface area contributed by atoms with Crippen molar-refractivity contribution in [1.82, 2.24) is 20.1 Å². The molecule has 0 bridgehead atoms. The molecule has 0 fully saturated rings. The van der Waals surface area contributed by atoms with E-state index in [2.05, 4.69) is 16.4 Å². The highest BCUT2D eigenvalue weighted by Gasteiger charge is 2.22. The lowest BCUT2D eigenvalue weighted by molar-refractivity contribution is 0.589. The minimum atomic E-state index is -0.316. The van der Waals surface area contributed by atoms with Crippen molar-refractivity contribution < 1.29 is 4.39 Å². The quantitative estimate of drug-likeness (QED) is 0.731. The average Bonchev–Trinajstić information content (AvgIpc) is 2.93. The maximum Gasteiger partial charge on any atom is 0.142 e. The summed E-state index contributed by atoms with van der Waals surface area (Å²) >= 11 is 0. The molecule has 0 spiro atoms. The van der Waals surface area contributed by atoms with Crippen molar-refractivity contribution in [2.75, 3.05) is 12.3 Å². The minimum Gasteiger partial charge on any atom is -0.383 e. The van der Waals surface area contributed by atoms with E-state index in [1.165, 1.54) is 12.1 Å². The summed E-state index contributed by atoms with van der Waals surface area (Å²) in [7, 11) is 0. The lowest BCUT2D eigenvalue weighted by atomic mass is 9.95. The van der Waals surface area contributed by atoms with Crippen molar-refractivity contribution in [3.63, 3.8) is 0 Å². The molecule has 0 saturated carbocycles. The Bertz CT molecular complexity index is 1020. The third-order valence-corrected chi connectivity index (χ3v) is 4.85. The number of hydrogen-bond acceptors (Lipinski definition) is 5. The minimum absolute atomic E-state index is 0.152. The number of nitriles is 1. The van der Waals surface area contributed by atoms with Crippen molar-refractivity contribution in [3.05, 3.63) is 53.0 Å². The molecule has 0 unspecified atom stereocenters. The first-order chi connectivity index (χ1) is 13.1. The summed E-state index contributed by atoms with van der Waals surface area (Å²) in [6.07, 6.45) is 0.998. The molecule has 3 N–H and O–H groups in total. The van der Waals surface area contributed by atoms with Gasteiger partial charge in [-0.1, -0.05) is 0 Å². The number of anilines is 1. The highest BCUT2D eigenvalue weighted by Crippen LogP contribution is 2.35. The van der Waals surface area contributed by atoms with E-state index in [9.17, 15) is 9.65 Å². The van der Waals surface area contributed by atoms with Crippen LogP contribution in [0.2, 0.25) is 0 Å². The van der Waals surface area contributed by atoms with E-state index in [0.29, 0.717) is 22.5 Å². The van der Waals surface area contributed by atoms with Gasteiger partial charge in [0.15, 0.2) is 0 Å². The monoisotopic (exact) mass is 362 g/mol. The molecule has 4 rings (SSSR count). The predicted octanol–water partition coefficient (Wildman–Crippen LogP) is 3.01. The fourth-order valence-corrected chi connectivity index (χ4v) is 3.50. The van der Waals surface area contributed by atoms with Gasteiger partial charge in [0, 0.05) is 24.2 Å². The molecular formula is C20H19FN6. The Hall–Kier alpha value is -3.24. The Morgan fingerprint density at radius 2 is 2.07 bits per heavy atom. The van der Waals surface area contributed by atoms with Gasteiger partial charge in [-0.25, -0.2) is 9.37 Å². The van der Waals surface area contributed by atoms with E-state index in [1.807, 2.05) is 17.7 Å². The second-order valence-corrected chi connectivity index (χ2v) is 6.61. The summed E-state index contributed by atoms with van der Waals surface area (Å²) in [6, 6.07) is 10.3. The number of nitrogen functional groups attached to an aromatic ring is 1. The Morgan fingerprint density at radius 1 is 1.30 bits per heavy atom. The summed E-state index contributed by atoms with van der Waals surface area (Å²) in [5.74, 6) is -0.165. The second kappa shape index (κ2) is 6.82. The average molecular weight is 362 g/mol. The molecule has 27 heavy (non-hydrogen) atoms. The summed E-state index contributed by atoms with van der Waals surface area (Å²) in [5.41, 5.74) is 11.1. The van der Waals surface area contributed by atoms with Gasteiger partial charge in [-0.05, 0) is 55.8 Å². The Kier molecular flexibility index (Phi) is 4.34. The highest BCUT2D eigenvalue weighted by molar-refractivity contribution is 5.82. The fraction of sp³-hybridized carbons (Fsp3) is 0.250. The summed E-state index contributed by atoms with van der Waals surface area (Å²) in [5, 5.41) is 17.8. The zero-order chi connectivity index (χ0) is 19.0. The molecule has 0 aliphatic carbocycles. The molecule has 0 amide bonds. The van der Waals surface area contributed by atoms with Gasteiger partial charge in [-0.3, -0.25) is 4.68 Å². The molecule has 7 heteroatoms. The number of nitrogens with two attached hydrogens (primary N) is 1. The molecule has 0 saturated heterocycles. The first-order valence-electron chi connectivity index (χ1n) is 8.82. The third-order valence-electron chi connectivity index (χ3n) is 4.85. The molecule has 1 aromatic carbocycles. The van der Waals surface area contributed by atoms with Crippen LogP contribution in [0.3, 0.4) is 0 Å². The second-order valence-electron chi connectivity index (χ2n) is 6.61. The standard InChI is InChI=1S/C20H19FN6/c1-12-18(17-9-15-11-24-7-2-8-27(15)26-17)16(10-22)20(23)25-19(12)13-3-5-14(21)6-4-13/h3-6,9,24H,2,7-8,11H2,1H3,(H2,23,25). The molecule has 0 atom stereocenters. The van der Waals surface area contributed by atoms with Gasteiger partial charge in [0.25, 0.3) is 0 Å². The number of pyridine rings is 1. The summed E-state index contributed by atoms with van der Waals surface area (Å²) < 4.78 is 15.3. The van der Waals surface area contributed by atoms with Crippen molar-refractivity contribution >= 4 is 5.82 Å². The van der Waals surface area contributed by atoms with Gasteiger partial charge in [0.1, 0.15) is 23.3 Å². The first-order valence-corrected chi connectivity index (χ1v) is 8.82. The van der Waals surface area contributed by atoms with E-state index >= 15 is 0 Å². The molecular weight excluding hydrogens is 343 g/mol. The van der Waals surface area contributed by atoms with Gasteiger partial charge >= 0.3 is 0 Å². The highest BCUT2D eigenvalue weighted by atomic mass is 19.1. The molecule has 3 aromatic rings. The van der Waals surface area contributed by atoms with Crippen LogP contribution in [0.5, 0.6) is 0 Å². The van der Waals surface area contributed by atoms with Crippen LogP contribution >= 0.6 is 0 Å². The van der Waals surface area contributed by atoms with E-state index in [0.717, 1.165) is 42.9 Å². The van der Waals surface area contributed by atoms with Crippen LogP contribution in [0, 0.1) is 24.1 Å². The number of rotatable bonds is 2. The van der Waals surface area contributed by atoms with Gasteiger partial charge in [-0.15, -0.1) is 0 Å². The van der Waals surface area contributed by atoms with Gasteiger partial charge in [0.2, 0.25) is 0 Å². The number of hydrogen-bond donors (Lipinski definition) is 2. The van der Waals surface area contributed by atoms with E-state index < -0.39 is 0 Å². The van der Waals surface area contributed by atoms with E-state index in [1.54, 1.807) is 12.1 Å². The normalized spacial score (nSPS) is 13.7. The maximum absolute atomic E-state index is 13.3. The van der Waals surface area contributed by atoms with Crippen molar-refractivity contribution in [2.45, 2.75) is 26.4 Å². The van der Waals surface area contributed by atoms with Crippen LogP contribution < -0.4 is 11.1 Å². The van der Waals surface area contributed by atoms with E-state index in [4.69, 9.17) is 10.8 Å². The molecule has 1 aliphatic heterocycles. The maximum atomic E-state index is 13.3. The smallest absolute Gasteiger partial charge is 0.142 e. The number of benzene rings is 1. The van der Waals surface area contributed by atoms with Crippen molar-refractivity contribution in [1.29, 1.82) is 5.26 Å². The van der Waals surface area contributed by atoms with Crippen molar-refractivity contribution in [2.24, 2.45) is 0 Å². The molecule has 3 heterocycles. The van der Waals surface area contributed by atoms with Crippen LogP contribution in [-0.4, -0.2) is 21.3 Å². The van der Waals surface area contributed by atoms with Crippen LogP contribution in [0.15, 0.2) is 30.3 Å². The zero-order valence-corrected chi connectivity index (χ0v) is 15.0. The van der Waals surface area contributed by atoms with E-state index in [-0.39, 0.29) is 11.6 Å². The first kappa shape index (κ1) is 17.2. The topological polar surface area (TPSA) is 92.5 Å². The van der Waals surface area contributed by atoms with Gasteiger partial charge in [0.05, 0.1) is 17.1 Å². The molecule has 136 valence electrons. The number of aryl methyl sites for hydroxylation is 1. The van der Waals surface area contributed by atoms with Crippen LogP contribution in [0.4, 0.5) is 10.2 Å². The molecule has 1 aliphatic rings. The number of aromatic nitrogens is 3. The fourth-order valence-electron chi connectivity index (χ4n) is 3.50. The predicted molar refractivity (Wildman–Crippen MR) is 101 cm³/mol. The lowest BCUT2D eigenvalue weighted by Crippen LogP contribution is -2.11. The molecule has 2 aromatic heterocycles. The van der Waals surface area contributed by atoms with Crippen LogP contribution in [-0.2, 0) is 13.1 Å². The number of halogens is 1. The molecule has 0 radical (unpaired) electrons. The SMILES string of the molecule is Cc1c(-c2ccc(F)cc2)nc(N)c(C#N)c1-c1cc2n(n1)CCCNC2. The Balaban J connectivity index is 1.92. The Labute approximate surface area is 156 Å². The Morgan fingerprint density at radius 3 is 2.81 bits per heavy atom. The largest absolute Gasteiger partial charge is 0.383 e. The number of nitrogens with zero attached hydrogens (tertiary/aromatic N) is 4. The van der Waals surface area contributed by atoms with Crippen LogP contribution in [0.25, 0.3) is 22.5 Å². The van der Waals surface area contributed by atoms with Crippen LogP contribution in [0.1, 0.15) is 23.2 Å². The number of fused-ring (bicyclic) bond motifs is 1. The van der Waals surface area contributed by atoms with Gasteiger partial charge < -0.3 is 11.1 Å².